The van der Waals surface area contributed by atoms with E-state index in [9.17, 15) is 4.79 Å². The molecule has 0 radical (unpaired) electrons. The number of aromatic nitrogens is 1. The number of benzene rings is 1. The highest BCUT2D eigenvalue weighted by Gasteiger charge is 2.35. The zero-order valence-corrected chi connectivity index (χ0v) is 14.4. The molecule has 0 fully saturated rings. The highest BCUT2D eigenvalue weighted by atomic mass is 16.5. The highest BCUT2D eigenvalue weighted by molar-refractivity contribution is 5.95. The summed E-state index contributed by atoms with van der Waals surface area (Å²) in [6.45, 7) is 7.59. The monoisotopic (exact) mass is 329 g/mol. The Morgan fingerprint density at radius 2 is 2.08 bits per heavy atom. The van der Waals surface area contributed by atoms with Crippen LogP contribution in [0.5, 0.6) is 5.75 Å². The van der Waals surface area contributed by atoms with Crippen molar-refractivity contribution in [3.8, 4) is 5.75 Å². The summed E-state index contributed by atoms with van der Waals surface area (Å²) in [5, 5.41) is 6.96. The summed E-state index contributed by atoms with van der Waals surface area (Å²) in [5.41, 5.74) is 6.73. The van der Waals surface area contributed by atoms with Gasteiger partial charge in [-0.15, -0.1) is 0 Å². The largest absolute Gasteiger partial charge is 0.487 e. The fourth-order valence-electron chi connectivity index (χ4n) is 3.03. The molecule has 3 N–H and O–H groups in total. The van der Waals surface area contributed by atoms with Crippen LogP contribution in [0.25, 0.3) is 0 Å². The molecular formula is C18H23N3O3. The molecule has 1 aliphatic rings. The molecule has 1 aromatic heterocycles. The average Bonchev–Trinajstić information content (AvgIpc) is 2.95. The van der Waals surface area contributed by atoms with Gasteiger partial charge in [-0.2, -0.15) is 0 Å². The third kappa shape index (κ3) is 3.14. The van der Waals surface area contributed by atoms with Gasteiger partial charge in [-0.1, -0.05) is 23.4 Å². The van der Waals surface area contributed by atoms with E-state index in [2.05, 4.69) is 10.5 Å². The number of ether oxygens (including phenoxy) is 1. The number of nitrogens with two attached hydrogens (primary N) is 1. The Morgan fingerprint density at radius 1 is 1.38 bits per heavy atom. The predicted octanol–water partition coefficient (Wildman–Crippen LogP) is 2.90. The second-order valence-corrected chi connectivity index (χ2v) is 7.43. The maximum absolute atomic E-state index is 12.8. The van der Waals surface area contributed by atoms with Crippen LogP contribution in [-0.2, 0) is 5.54 Å². The van der Waals surface area contributed by atoms with Gasteiger partial charge in [0.05, 0.1) is 11.6 Å². The summed E-state index contributed by atoms with van der Waals surface area (Å²) in [5.74, 6) is 0.547. The number of hydrogen-bond donors (Lipinski definition) is 2. The molecular weight excluding hydrogens is 306 g/mol. The van der Waals surface area contributed by atoms with Crippen molar-refractivity contribution in [2.45, 2.75) is 51.3 Å². The second kappa shape index (κ2) is 5.63. The highest BCUT2D eigenvalue weighted by Crippen LogP contribution is 2.39. The molecule has 0 unspecified atom stereocenters. The molecule has 6 heteroatoms. The van der Waals surface area contributed by atoms with E-state index in [0.29, 0.717) is 17.7 Å². The van der Waals surface area contributed by atoms with Gasteiger partial charge in [0.1, 0.15) is 28.9 Å². The van der Waals surface area contributed by atoms with Crippen LogP contribution in [0.1, 0.15) is 61.8 Å². The molecule has 1 amide bonds. The van der Waals surface area contributed by atoms with Gasteiger partial charge in [-0.3, -0.25) is 4.79 Å². The van der Waals surface area contributed by atoms with E-state index in [0.717, 1.165) is 11.3 Å². The number of para-hydroxylation sites is 1. The molecule has 0 aliphatic carbocycles. The number of carbonyl (C=O) groups is 1. The van der Waals surface area contributed by atoms with Crippen LogP contribution in [0.3, 0.4) is 0 Å². The lowest BCUT2D eigenvalue weighted by Crippen LogP contribution is -2.42. The fraction of sp³-hybridized carbons (Fsp3) is 0.444. The van der Waals surface area contributed by atoms with Crippen molar-refractivity contribution in [3.05, 3.63) is 47.3 Å². The topological polar surface area (TPSA) is 90.4 Å². The summed E-state index contributed by atoms with van der Waals surface area (Å²) in [6.07, 6.45) is 2.01. The Bertz CT molecular complexity index is 759. The number of nitrogens with zero attached hydrogens (tertiary/aromatic N) is 1. The van der Waals surface area contributed by atoms with E-state index in [-0.39, 0.29) is 17.6 Å². The predicted molar refractivity (Wildman–Crippen MR) is 89.7 cm³/mol. The van der Waals surface area contributed by atoms with E-state index in [1.807, 2.05) is 38.1 Å². The molecule has 0 saturated heterocycles. The van der Waals surface area contributed by atoms with Crippen LogP contribution in [0.2, 0.25) is 0 Å². The number of hydrogen-bond acceptors (Lipinski definition) is 5. The van der Waals surface area contributed by atoms with Crippen molar-refractivity contribution in [3.63, 3.8) is 0 Å². The van der Waals surface area contributed by atoms with Crippen molar-refractivity contribution in [2.75, 3.05) is 0 Å². The zero-order valence-electron chi connectivity index (χ0n) is 14.4. The first-order valence-corrected chi connectivity index (χ1v) is 8.00. The second-order valence-electron chi connectivity index (χ2n) is 7.43. The van der Waals surface area contributed by atoms with Crippen LogP contribution in [0.4, 0.5) is 0 Å². The van der Waals surface area contributed by atoms with Crippen molar-refractivity contribution in [1.29, 1.82) is 0 Å². The average molecular weight is 329 g/mol. The molecule has 0 bridgehead atoms. The van der Waals surface area contributed by atoms with Gasteiger partial charge in [0.25, 0.3) is 5.91 Å². The Labute approximate surface area is 141 Å². The summed E-state index contributed by atoms with van der Waals surface area (Å²) in [7, 11) is 0. The van der Waals surface area contributed by atoms with Crippen LogP contribution in [0, 0.1) is 0 Å². The van der Waals surface area contributed by atoms with Gasteiger partial charge in [0.15, 0.2) is 0 Å². The maximum atomic E-state index is 12.8. The van der Waals surface area contributed by atoms with Crippen molar-refractivity contribution < 1.29 is 14.1 Å². The first-order chi connectivity index (χ1) is 11.2. The quantitative estimate of drug-likeness (QED) is 0.903. The van der Waals surface area contributed by atoms with Crippen LogP contribution < -0.4 is 15.8 Å². The maximum Gasteiger partial charge on any atom is 0.257 e. The molecule has 0 spiro atoms. The van der Waals surface area contributed by atoms with E-state index in [1.54, 1.807) is 13.8 Å². The lowest BCUT2D eigenvalue weighted by Gasteiger charge is -2.37. The van der Waals surface area contributed by atoms with Gasteiger partial charge < -0.3 is 20.3 Å². The summed E-state index contributed by atoms with van der Waals surface area (Å²) in [4.78, 5) is 12.8. The van der Waals surface area contributed by atoms with Crippen LogP contribution >= 0.6 is 0 Å². The third-order valence-electron chi connectivity index (χ3n) is 4.11. The van der Waals surface area contributed by atoms with Gasteiger partial charge in [-0.05, 0) is 33.8 Å². The van der Waals surface area contributed by atoms with Gasteiger partial charge in [0.2, 0.25) is 0 Å². The Kier molecular flexibility index (Phi) is 3.87. The van der Waals surface area contributed by atoms with Crippen LogP contribution in [-0.4, -0.2) is 16.7 Å². The molecule has 1 aromatic carbocycles. The van der Waals surface area contributed by atoms with E-state index in [1.165, 1.54) is 6.26 Å². The van der Waals surface area contributed by atoms with Gasteiger partial charge >= 0.3 is 0 Å². The first-order valence-electron chi connectivity index (χ1n) is 8.00. The molecule has 2 heterocycles. The normalized spacial score (nSPS) is 19.3. The Hall–Kier alpha value is -2.34. The molecule has 24 heavy (non-hydrogen) atoms. The lowest BCUT2D eigenvalue weighted by molar-refractivity contribution is 0.0619. The smallest absolute Gasteiger partial charge is 0.257 e. The molecule has 6 nitrogen and oxygen atoms in total. The summed E-state index contributed by atoms with van der Waals surface area (Å²) in [6, 6.07) is 7.60. The van der Waals surface area contributed by atoms with E-state index >= 15 is 0 Å². The standard InChI is InChI=1S/C18H23N3O3/c1-17(2)9-13(11-7-5-6-8-14(11)24-17)20-16(22)12-10-23-21-15(12)18(3,4)19/h5-8,10,13H,9,19H2,1-4H3,(H,20,22)/t13-/m0/s1. The molecule has 128 valence electrons. The van der Waals surface area contributed by atoms with Crippen molar-refractivity contribution in [2.24, 2.45) is 5.73 Å². The molecule has 1 atom stereocenters. The molecule has 1 aliphatic heterocycles. The van der Waals surface area contributed by atoms with Crippen molar-refractivity contribution >= 4 is 5.91 Å². The van der Waals surface area contributed by atoms with E-state index < -0.39 is 5.54 Å². The Morgan fingerprint density at radius 3 is 2.79 bits per heavy atom. The van der Waals surface area contributed by atoms with Gasteiger partial charge in [0, 0.05) is 12.0 Å². The zero-order chi connectivity index (χ0) is 17.5. The minimum absolute atomic E-state index is 0.152. The molecule has 3 rings (SSSR count). The number of rotatable bonds is 3. The summed E-state index contributed by atoms with van der Waals surface area (Å²) >= 11 is 0. The number of amides is 1. The minimum atomic E-state index is -0.757. The van der Waals surface area contributed by atoms with E-state index in [4.69, 9.17) is 15.0 Å². The Balaban J connectivity index is 1.89. The third-order valence-corrected chi connectivity index (χ3v) is 4.11. The molecule has 0 saturated carbocycles. The fourth-order valence-corrected chi connectivity index (χ4v) is 3.03. The number of fused-ring (bicyclic) bond motifs is 1. The molecule has 2 aromatic rings. The minimum Gasteiger partial charge on any atom is -0.487 e. The van der Waals surface area contributed by atoms with Gasteiger partial charge in [-0.25, -0.2) is 0 Å². The first kappa shape index (κ1) is 16.5. The number of carbonyl (C=O) groups excluding carboxylic acids is 1. The number of nitrogens with one attached hydrogen (secondary N) is 1. The van der Waals surface area contributed by atoms with Crippen LogP contribution in [0.15, 0.2) is 35.1 Å². The SMILES string of the molecule is CC1(C)C[C@H](NC(=O)c2conc2C(C)(C)N)c2ccccc2O1. The summed E-state index contributed by atoms with van der Waals surface area (Å²) < 4.78 is 11.0. The van der Waals surface area contributed by atoms with Crippen molar-refractivity contribution in [1.82, 2.24) is 10.5 Å². The lowest BCUT2D eigenvalue weighted by atomic mass is 9.89.